The average Bonchev–Trinajstić information content (AvgIpc) is 2.44. The SMILES string of the molecule is O=C1OCOC[C@@H]2C3C=CC(CC3)[C@H]12. The molecule has 1 heterocycles. The second-order valence-electron chi connectivity index (χ2n) is 4.43. The summed E-state index contributed by atoms with van der Waals surface area (Å²) in [5, 5.41) is 0. The number of fused-ring (bicyclic) bond motifs is 1. The quantitative estimate of drug-likeness (QED) is 0.431. The van der Waals surface area contributed by atoms with Gasteiger partial charge in [0, 0.05) is 5.92 Å². The molecule has 1 saturated carbocycles. The van der Waals surface area contributed by atoms with Gasteiger partial charge >= 0.3 is 5.97 Å². The lowest BCUT2D eigenvalue weighted by atomic mass is 9.62. The molecule has 1 aliphatic heterocycles. The molecule has 0 aromatic carbocycles. The summed E-state index contributed by atoms with van der Waals surface area (Å²) < 4.78 is 10.3. The summed E-state index contributed by atoms with van der Waals surface area (Å²) in [6.07, 6.45) is 6.80. The molecule has 0 aromatic rings. The molecule has 4 rings (SSSR count). The molecule has 0 amide bonds. The van der Waals surface area contributed by atoms with Crippen LogP contribution >= 0.6 is 0 Å². The van der Waals surface area contributed by atoms with Crippen LogP contribution in [0.15, 0.2) is 12.2 Å². The van der Waals surface area contributed by atoms with Crippen LogP contribution < -0.4 is 0 Å². The molecule has 0 aromatic heterocycles. The summed E-state index contributed by atoms with van der Waals surface area (Å²) in [7, 11) is 0. The number of ether oxygens (including phenoxy) is 2. The molecule has 2 bridgehead atoms. The Hall–Kier alpha value is -0.830. The molecule has 0 spiro atoms. The minimum absolute atomic E-state index is 0.0495. The van der Waals surface area contributed by atoms with Gasteiger partial charge in [0.15, 0.2) is 6.79 Å². The van der Waals surface area contributed by atoms with Crippen molar-refractivity contribution in [2.45, 2.75) is 12.8 Å². The van der Waals surface area contributed by atoms with Crippen LogP contribution in [0.2, 0.25) is 0 Å². The normalized spacial score (nSPS) is 45.6. The Bertz CT molecular complexity index is 284. The molecule has 14 heavy (non-hydrogen) atoms. The highest BCUT2D eigenvalue weighted by molar-refractivity contribution is 5.74. The number of esters is 1. The molecule has 3 nitrogen and oxygen atoms in total. The highest BCUT2D eigenvalue weighted by Gasteiger charge is 2.46. The van der Waals surface area contributed by atoms with Crippen molar-refractivity contribution >= 4 is 5.97 Å². The first kappa shape index (κ1) is 8.48. The molecule has 2 unspecified atom stereocenters. The van der Waals surface area contributed by atoms with E-state index in [4.69, 9.17) is 9.47 Å². The zero-order chi connectivity index (χ0) is 9.54. The highest BCUT2D eigenvalue weighted by atomic mass is 16.7. The van der Waals surface area contributed by atoms with Gasteiger partial charge in [-0.3, -0.25) is 4.79 Å². The first-order valence-corrected chi connectivity index (χ1v) is 5.29. The standard InChI is InChI=1S/C11H14O3/c12-11-10-8-3-1-7(2-4-8)9(10)5-13-6-14-11/h1,3,7-10H,2,4-6H2/t7?,8?,9-,10+/m1/s1. The maximum Gasteiger partial charge on any atom is 0.312 e. The van der Waals surface area contributed by atoms with Crippen LogP contribution in [0.3, 0.4) is 0 Å². The Labute approximate surface area is 83.1 Å². The fraction of sp³-hybridized carbons (Fsp3) is 0.727. The summed E-state index contributed by atoms with van der Waals surface area (Å²) in [6.45, 7) is 0.827. The van der Waals surface area contributed by atoms with Crippen molar-refractivity contribution in [3.63, 3.8) is 0 Å². The number of cyclic esters (lactones) is 1. The van der Waals surface area contributed by atoms with E-state index < -0.39 is 0 Å². The molecule has 4 aliphatic rings. The third-order valence-electron chi connectivity index (χ3n) is 3.78. The Morgan fingerprint density at radius 3 is 2.79 bits per heavy atom. The molecule has 0 N–H and O–H groups in total. The van der Waals surface area contributed by atoms with Gasteiger partial charge in [-0.15, -0.1) is 0 Å². The fourth-order valence-corrected chi connectivity index (χ4v) is 3.06. The maximum absolute atomic E-state index is 11.7. The Kier molecular flexibility index (Phi) is 1.87. The topological polar surface area (TPSA) is 35.5 Å². The number of hydrogen-bond donors (Lipinski definition) is 0. The lowest BCUT2D eigenvalue weighted by Gasteiger charge is -2.41. The van der Waals surface area contributed by atoms with Crippen LogP contribution in [0.5, 0.6) is 0 Å². The minimum atomic E-state index is -0.0495. The Morgan fingerprint density at radius 1 is 1.21 bits per heavy atom. The van der Waals surface area contributed by atoms with Gasteiger partial charge in [-0.05, 0) is 24.7 Å². The van der Waals surface area contributed by atoms with Crippen LogP contribution in [0.1, 0.15) is 12.8 Å². The van der Waals surface area contributed by atoms with Gasteiger partial charge in [-0.1, -0.05) is 12.2 Å². The minimum Gasteiger partial charge on any atom is -0.438 e. The largest absolute Gasteiger partial charge is 0.438 e. The molecular weight excluding hydrogens is 180 g/mol. The van der Waals surface area contributed by atoms with Crippen LogP contribution in [-0.4, -0.2) is 19.4 Å². The maximum atomic E-state index is 11.7. The Morgan fingerprint density at radius 2 is 2.00 bits per heavy atom. The van der Waals surface area contributed by atoms with Crippen LogP contribution in [0.4, 0.5) is 0 Å². The van der Waals surface area contributed by atoms with E-state index in [0.717, 1.165) is 6.42 Å². The predicted molar refractivity (Wildman–Crippen MR) is 49.2 cm³/mol. The monoisotopic (exact) mass is 194 g/mol. The summed E-state index contributed by atoms with van der Waals surface area (Å²) in [5.74, 6) is 1.33. The van der Waals surface area contributed by atoms with Crippen molar-refractivity contribution in [2.24, 2.45) is 23.7 Å². The van der Waals surface area contributed by atoms with E-state index in [-0.39, 0.29) is 18.7 Å². The second-order valence-corrected chi connectivity index (χ2v) is 4.43. The van der Waals surface area contributed by atoms with E-state index in [1.165, 1.54) is 6.42 Å². The summed E-state index contributed by atoms with van der Waals surface area (Å²) in [6, 6.07) is 0. The van der Waals surface area contributed by atoms with E-state index in [1.54, 1.807) is 0 Å². The van der Waals surface area contributed by atoms with E-state index in [2.05, 4.69) is 12.2 Å². The zero-order valence-corrected chi connectivity index (χ0v) is 8.02. The molecule has 3 aliphatic carbocycles. The summed E-state index contributed by atoms with van der Waals surface area (Å²) in [5.41, 5.74) is 0. The fourth-order valence-electron chi connectivity index (χ4n) is 3.06. The lowest BCUT2D eigenvalue weighted by Crippen LogP contribution is -2.42. The third-order valence-corrected chi connectivity index (χ3v) is 3.78. The lowest BCUT2D eigenvalue weighted by molar-refractivity contribution is -0.157. The summed E-state index contributed by atoms with van der Waals surface area (Å²) >= 11 is 0. The van der Waals surface area contributed by atoms with Crippen molar-refractivity contribution in [3.05, 3.63) is 12.2 Å². The Balaban J connectivity index is 1.94. The van der Waals surface area contributed by atoms with E-state index >= 15 is 0 Å². The smallest absolute Gasteiger partial charge is 0.312 e. The molecule has 0 radical (unpaired) electrons. The third kappa shape index (κ3) is 1.12. The van der Waals surface area contributed by atoms with Crippen LogP contribution in [-0.2, 0) is 14.3 Å². The van der Waals surface area contributed by atoms with Gasteiger partial charge in [0.2, 0.25) is 0 Å². The van der Waals surface area contributed by atoms with E-state index in [1.807, 2.05) is 0 Å². The second kappa shape index (κ2) is 3.09. The average molecular weight is 194 g/mol. The van der Waals surface area contributed by atoms with Crippen molar-refractivity contribution in [2.75, 3.05) is 13.4 Å². The predicted octanol–water partition coefficient (Wildman–Crippen LogP) is 1.35. The molecule has 3 heteroatoms. The molecular formula is C11H14O3. The van der Waals surface area contributed by atoms with Crippen molar-refractivity contribution < 1.29 is 14.3 Å². The number of hydrogen-bond acceptors (Lipinski definition) is 3. The summed E-state index contributed by atoms with van der Waals surface area (Å²) in [4.78, 5) is 11.7. The van der Waals surface area contributed by atoms with Gasteiger partial charge in [-0.2, -0.15) is 0 Å². The van der Waals surface area contributed by atoms with Crippen molar-refractivity contribution in [1.82, 2.24) is 0 Å². The van der Waals surface area contributed by atoms with Gasteiger partial charge in [0.1, 0.15) is 0 Å². The highest BCUT2D eigenvalue weighted by Crippen LogP contribution is 2.46. The van der Waals surface area contributed by atoms with Gasteiger partial charge in [0.05, 0.1) is 12.5 Å². The number of rotatable bonds is 0. The molecule has 4 atom stereocenters. The van der Waals surface area contributed by atoms with E-state index in [9.17, 15) is 4.79 Å². The number of carbonyl (C=O) groups excluding carboxylic acids is 1. The molecule has 2 fully saturated rings. The van der Waals surface area contributed by atoms with E-state index in [0.29, 0.717) is 24.4 Å². The number of carbonyl (C=O) groups is 1. The number of allylic oxidation sites excluding steroid dienone is 2. The first-order valence-electron chi connectivity index (χ1n) is 5.29. The first-order chi connectivity index (χ1) is 6.86. The van der Waals surface area contributed by atoms with Gasteiger partial charge in [-0.25, -0.2) is 0 Å². The zero-order valence-electron chi connectivity index (χ0n) is 8.02. The van der Waals surface area contributed by atoms with Gasteiger partial charge < -0.3 is 9.47 Å². The van der Waals surface area contributed by atoms with Crippen LogP contribution in [0.25, 0.3) is 0 Å². The molecule has 76 valence electrons. The van der Waals surface area contributed by atoms with Crippen LogP contribution in [0, 0.1) is 23.7 Å². The van der Waals surface area contributed by atoms with Crippen molar-refractivity contribution in [3.8, 4) is 0 Å². The van der Waals surface area contributed by atoms with Crippen molar-refractivity contribution in [1.29, 1.82) is 0 Å². The molecule has 1 saturated heterocycles. The van der Waals surface area contributed by atoms with Gasteiger partial charge in [0.25, 0.3) is 0 Å².